The van der Waals surface area contributed by atoms with Crippen LogP contribution < -0.4 is 0 Å². The molecule has 3 aliphatic carbocycles. The van der Waals surface area contributed by atoms with E-state index >= 15 is 0 Å². The highest BCUT2D eigenvalue weighted by Gasteiger charge is 2.44. The van der Waals surface area contributed by atoms with E-state index in [-0.39, 0.29) is 0 Å². The summed E-state index contributed by atoms with van der Waals surface area (Å²) in [5, 5.41) is 0. The minimum Gasteiger partial charge on any atom is -0.345 e. The van der Waals surface area contributed by atoms with Crippen molar-refractivity contribution in [2.75, 3.05) is 13.6 Å². The number of rotatable bonds is 4. The Bertz CT molecular complexity index is 332. The fraction of sp³-hybridized carbons (Fsp3) is 0.800. The Morgan fingerprint density at radius 2 is 2.12 bits per heavy atom. The van der Waals surface area contributed by atoms with Crippen LogP contribution in [0.3, 0.4) is 0 Å². The summed E-state index contributed by atoms with van der Waals surface area (Å²) >= 11 is 0. The molecule has 3 rings (SSSR count). The lowest BCUT2D eigenvalue weighted by molar-refractivity contribution is -0.131. The van der Waals surface area contributed by atoms with Gasteiger partial charge in [-0.1, -0.05) is 12.2 Å². The Labute approximate surface area is 104 Å². The summed E-state index contributed by atoms with van der Waals surface area (Å²) in [6.07, 6.45) is 12.2. The van der Waals surface area contributed by atoms with Gasteiger partial charge in [-0.05, 0) is 56.3 Å². The van der Waals surface area contributed by atoms with Crippen molar-refractivity contribution in [1.82, 2.24) is 4.90 Å². The number of nitrogens with zero attached hydrogens (tertiary/aromatic N) is 1. The van der Waals surface area contributed by atoms with E-state index in [2.05, 4.69) is 12.2 Å². The Morgan fingerprint density at radius 3 is 2.76 bits per heavy atom. The van der Waals surface area contributed by atoms with Gasteiger partial charge < -0.3 is 4.90 Å². The van der Waals surface area contributed by atoms with E-state index in [1.54, 1.807) is 0 Å². The zero-order valence-corrected chi connectivity index (χ0v) is 10.8. The third-order valence-electron chi connectivity index (χ3n) is 4.70. The van der Waals surface area contributed by atoms with Gasteiger partial charge in [-0.15, -0.1) is 0 Å². The van der Waals surface area contributed by atoms with Crippen molar-refractivity contribution in [2.45, 2.75) is 38.5 Å². The second kappa shape index (κ2) is 4.47. The predicted molar refractivity (Wildman–Crippen MR) is 68.4 cm³/mol. The first-order valence-corrected chi connectivity index (χ1v) is 7.15. The first-order valence-electron chi connectivity index (χ1n) is 7.15. The van der Waals surface area contributed by atoms with Crippen LogP contribution in [-0.2, 0) is 4.79 Å². The van der Waals surface area contributed by atoms with E-state index in [9.17, 15) is 4.79 Å². The Balaban J connectivity index is 1.45. The monoisotopic (exact) mass is 233 g/mol. The summed E-state index contributed by atoms with van der Waals surface area (Å²) in [5.74, 6) is 3.41. The highest BCUT2D eigenvalue weighted by Crippen LogP contribution is 2.48. The summed E-state index contributed by atoms with van der Waals surface area (Å²) < 4.78 is 0. The molecule has 0 radical (unpaired) electrons. The highest BCUT2D eigenvalue weighted by atomic mass is 16.2. The van der Waals surface area contributed by atoms with Crippen molar-refractivity contribution in [3.63, 3.8) is 0 Å². The predicted octanol–water partition coefficient (Wildman–Crippen LogP) is 2.85. The molecule has 2 heteroatoms. The molecule has 2 nitrogen and oxygen atoms in total. The molecular weight excluding hydrogens is 210 g/mol. The summed E-state index contributed by atoms with van der Waals surface area (Å²) in [4.78, 5) is 13.9. The first kappa shape index (κ1) is 11.3. The van der Waals surface area contributed by atoms with Gasteiger partial charge in [-0.25, -0.2) is 0 Å². The number of carbonyl (C=O) groups is 1. The van der Waals surface area contributed by atoms with Crippen LogP contribution in [0, 0.1) is 23.7 Å². The van der Waals surface area contributed by atoms with Gasteiger partial charge in [-0.3, -0.25) is 4.79 Å². The molecule has 0 aromatic heterocycles. The Kier molecular flexibility index (Phi) is 2.97. The van der Waals surface area contributed by atoms with E-state index in [0.717, 1.165) is 37.1 Å². The van der Waals surface area contributed by atoms with Gasteiger partial charge in [-0.2, -0.15) is 0 Å². The van der Waals surface area contributed by atoms with Gasteiger partial charge in [0, 0.05) is 19.5 Å². The average molecular weight is 233 g/mol. The normalized spacial score (nSPS) is 35.7. The second-order valence-electron chi connectivity index (χ2n) is 6.20. The summed E-state index contributed by atoms with van der Waals surface area (Å²) in [6.45, 7) is 1.01. The molecule has 0 bridgehead atoms. The van der Waals surface area contributed by atoms with E-state index < -0.39 is 0 Å². The minimum absolute atomic E-state index is 0.384. The van der Waals surface area contributed by atoms with Crippen molar-refractivity contribution in [2.24, 2.45) is 23.7 Å². The van der Waals surface area contributed by atoms with Crippen LogP contribution in [0.2, 0.25) is 0 Å². The number of carbonyl (C=O) groups excluding carboxylic acids is 1. The molecule has 3 aliphatic rings. The number of amides is 1. The molecule has 2 unspecified atom stereocenters. The van der Waals surface area contributed by atoms with Crippen molar-refractivity contribution in [1.29, 1.82) is 0 Å². The molecule has 0 aromatic carbocycles. The van der Waals surface area contributed by atoms with Crippen LogP contribution in [0.5, 0.6) is 0 Å². The van der Waals surface area contributed by atoms with Crippen LogP contribution in [-0.4, -0.2) is 24.4 Å². The van der Waals surface area contributed by atoms with E-state index in [4.69, 9.17) is 0 Å². The fourth-order valence-corrected chi connectivity index (χ4v) is 3.35. The topological polar surface area (TPSA) is 20.3 Å². The third-order valence-corrected chi connectivity index (χ3v) is 4.70. The number of allylic oxidation sites excluding steroid dienone is 2. The van der Waals surface area contributed by atoms with Crippen LogP contribution >= 0.6 is 0 Å². The van der Waals surface area contributed by atoms with Crippen molar-refractivity contribution < 1.29 is 4.79 Å². The smallest absolute Gasteiger partial charge is 0.225 e. The molecule has 3 atom stereocenters. The Hall–Kier alpha value is -0.790. The average Bonchev–Trinajstić information content (AvgIpc) is 3.23. The van der Waals surface area contributed by atoms with E-state index in [1.807, 2.05) is 11.9 Å². The first-order chi connectivity index (χ1) is 8.25. The van der Waals surface area contributed by atoms with Gasteiger partial charge in [0.05, 0.1) is 0 Å². The zero-order chi connectivity index (χ0) is 11.8. The summed E-state index contributed by atoms with van der Waals surface area (Å²) in [6, 6.07) is 0. The van der Waals surface area contributed by atoms with Crippen LogP contribution in [0.25, 0.3) is 0 Å². The second-order valence-corrected chi connectivity index (χ2v) is 6.20. The van der Waals surface area contributed by atoms with Gasteiger partial charge in [0.15, 0.2) is 0 Å². The van der Waals surface area contributed by atoms with Gasteiger partial charge in [0.2, 0.25) is 5.91 Å². The molecule has 0 N–H and O–H groups in total. The molecule has 94 valence electrons. The zero-order valence-electron chi connectivity index (χ0n) is 10.8. The molecule has 0 aromatic rings. The molecule has 0 heterocycles. The maximum atomic E-state index is 11.9. The fourth-order valence-electron chi connectivity index (χ4n) is 3.35. The van der Waals surface area contributed by atoms with Crippen LogP contribution in [0.4, 0.5) is 0 Å². The summed E-state index contributed by atoms with van der Waals surface area (Å²) in [7, 11) is 2.00. The molecule has 2 saturated carbocycles. The number of hydrogen-bond acceptors (Lipinski definition) is 1. The Morgan fingerprint density at radius 1 is 1.29 bits per heavy atom. The van der Waals surface area contributed by atoms with E-state index in [0.29, 0.717) is 11.8 Å². The van der Waals surface area contributed by atoms with Gasteiger partial charge >= 0.3 is 0 Å². The lowest BCUT2D eigenvalue weighted by Crippen LogP contribution is -2.30. The van der Waals surface area contributed by atoms with Gasteiger partial charge in [0.25, 0.3) is 0 Å². The lowest BCUT2D eigenvalue weighted by Gasteiger charge is -2.20. The summed E-state index contributed by atoms with van der Waals surface area (Å²) in [5.41, 5.74) is 0. The SMILES string of the molecule is CN(C[C@H]1CC1C1CC=CCC1)C(=O)C1CC1. The van der Waals surface area contributed by atoms with Crippen molar-refractivity contribution in [3.05, 3.63) is 12.2 Å². The van der Waals surface area contributed by atoms with Crippen molar-refractivity contribution >= 4 is 5.91 Å². The van der Waals surface area contributed by atoms with Crippen LogP contribution in [0.1, 0.15) is 38.5 Å². The standard InChI is InChI=1S/C15H23NO/c1-16(15(17)12-7-8-12)10-13-9-14(13)11-5-3-2-4-6-11/h2-3,11-14H,4-10H2,1H3/t11?,13-,14?/m1/s1. The maximum absolute atomic E-state index is 11.9. The molecule has 17 heavy (non-hydrogen) atoms. The molecule has 0 spiro atoms. The third kappa shape index (κ3) is 2.56. The van der Waals surface area contributed by atoms with Crippen LogP contribution in [0.15, 0.2) is 12.2 Å². The van der Waals surface area contributed by atoms with E-state index in [1.165, 1.54) is 25.7 Å². The lowest BCUT2D eigenvalue weighted by atomic mass is 9.89. The highest BCUT2D eigenvalue weighted by molar-refractivity contribution is 5.80. The minimum atomic E-state index is 0.384. The molecule has 0 saturated heterocycles. The largest absolute Gasteiger partial charge is 0.345 e. The maximum Gasteiger partial charge on any atom is 0.225 e. The van der Waals surface area contributed by atoms with Crippen molar-refractivity contribution in [3.8, 4) is 0 Å². The molecule has 2 fully saturated rings. The number of hydrogen-bond donors (Lipinski definition) is 0. The molecule has 0 aliphatic heterocycles. The quantitative estimate of drug-likeness (QED) is 0.684. The molecule has 1 amide bonds. The van der Waals surface area contributed by atoms with Gasteiger partial charge in [0.1, 0.15) is 0 Å². The molecular formula is C15H23NO.